The van der Waals surface area contributed by atoms with E-state index in [-0.39, 0.29) is 23.3 Å². The Morgan fingerprint density at radius 3 is 2.51 bits per heavy atom. The van der Waals surface area contributed by atoms with Gasteiger partial charge in [-0.25, -0.2) is 9.50 Å². The van der Waals surface area contributed by atoms with Crippen molar-refractivity contribution >= 4 is 23.0 Å². The number of pyridine rings is 1. The second-order valence-corrected chi connectivity index (χ2v) is 8.06. The largest absolute Gasteiger partial charge is 0.350 e. The van der Waals surface area contributed by atoms with E-state index in [1.165, 1.54) is 27.2 Å². The van der Waals surface area contributed by atoms with E-state index in [0.29, 0.717) is 11.2 Å². The van der Waals surface area contributed by atoms with Crippen LogP contribution in [0.1, 0.15) is 38.2 Å². The highest BCUT2D eigenvalue weighted by molar-refractivity contribution is 5.93. The number of aromatic nitrogens is 8. The van der Waals surface area contributed by atoms with Gasteiger partial charge in [-0.05, 0) is 37.1 Å². The number of aryl methyl sites for hydroxylation is 1. The molecule has 0 atom stereocenters. The molecule has 6 rings (SSSR count). The summed E-state index contributed by atoms with van der Waals surface area (Å²) in [5.74, 6) is -3.95. The van der Waals surface area contributed by atoms with Crippen LogP contribution in [0, 0.1) is 5.92 Å². The average molecular weight is 479 g/mol. The van der Waals surface area contributed by atoms with E-state index >= 15 is 8.78 Å². The molecular formula is C23H23F2N9O. The average Bonchev–Trinajstić information content (AvgIpc) is 3.28. The molecule has 1 saturated carbocycles. The van der Waals surface area contributed by atoms with Crippen LogP contribution in [-0.2, 0) is 17.8 Å². The van der Waals surface area contributed by atoms with E-state index in [2.05, 4.69) is 30.7 Å². The van der Waals surface area contributed by atoms with Crippen molar-refractivity contribution in [3.05, 3.63) is 60.6 Å². The number of fused-ring (bicyclic) bond motifs is 2. The van der Waals surface area contributed by atoms with E-state index in [4.69, 9.17) is 0 Å². The summed E-state index contributed by atoms with van der Waals surface area (Å²) < 4.78 is 35.2. The van der Waals surface area contributed by atoms with E-state index in [1.54, 1.807) is 42.5 Å². The summed E-state index contributed by atoms with van der Waals surface area (Å²) >= 11 is 0. The fourth-order valence-corrected chi connectivity index (χ4v) is 3.64. The van der Waals surface area contributed by atoms with Crippen LogP contribution >= 0.6 is 0 Å². The molecule has 1 aliphatic carbocycles. The topological polar surface area (TPSA) is 107 Å². The van der Waals surface area contributed by atoms with Gasteiger partial charge in [0.1, 0.15) is 5.69 Å². The number of imidazole rings is 1. The number of carbonyl (C=O) groups is 1. The molecule has 180 valence electrons. The molecule has 12 heteroatoms. The number of rotatable bonds is 5. The van der Waals surface area contributed by atoms with Gasteiger partial charge >= 0.3 is 5.92 Å². The van der Waals surface area contributed by atoms with Gasteiger partial charge in [0.05, 0.1) is 12.4 Å². The zero-order valence-electron chi connectivity index (χ0n) is 19.4. The van der Waals surface area contributed by atoms with Crippen LogP contribution in [0.3, 0.4) is 0 Å². The van der Waals surface area contributed by atoms with Gasteiger partial charge in [0.15, 0.2) is 17.1 Å². The highest BCUT2D eigenvalue weighted by Crippen LogP contribution is 2.34. The lowest BCUT2D eigenvalue weighted by Gasteiger charge is -2.14. The van der Waals surface area contributed by atoms with Gasteiger partial charge < -0.3 is 5.32 Å². The first-order valence-electron chi connectivity index (χ1n) is 11.3. The first kappa shape index (κ1) is 22.6. The van der Waals surface area contributed by atoms with Crippen LogP contribution in [0.25, 0.3) is 22.4 Å². The van der Waals surface area contributed by atoms with Crippen molar-refractivity contribution in [2.75, 3.05) is 5.32 Å². The number of amides is 1. The Bertz CT molecular complexity index is 1530. The maximum Gasteiger partial charge on any atom is 0.350 e. The molecule has 1 aliphatic rings. The number of halogens is 2. The Morgan fingerprint density at radius 1 is 1.03 bits per heavy atom. The maximum absolute atomic E-state index is 15.5. The lowest BCUT2D eigenvalue weighted by Crippen LogP contribution is -2.22. The Morgan fingerprint density at radius 2 is 1.80 bits per heavy atom. The third-order valence-corrected chi connectivity index (χ3v) is 5.56. The number of carbonyl (C=O) groups excluding carboxylic acids is 1. The molecule has 0 radical (unpaired) electrons. The van der Waals surface area contributed by atoms with Crippen molar-refractivity contribution < 1.29 is 13.6 Å². The van der Waals surface area contributed by atoms with Crippen molar-refractivity contribution in [2.45, 2.75) is 32.6 Å². The molecule has 0 aliphatic heterocycles. The number of hydrogen-bond donors (Lipinski definition) is 1. The van der Waals surface area contributed by atoms with Crippen LogP contribution in [-0.4, -0.2) is 44.9 Å². The predicted molar refractivity (Wildman–Crippen MR) is 124 cm³/mol. The second-order valence-electron chi connectivity index (χ2n) is 8.06. The molecule has 10 nitrogen and oxygen atoms in total. The summed E-state index contributed by atoms with van der Waals surface area (Å²) in [7, 11) is 1.78. The van der Waals surface area contributed by atoms with E-state index in [1.807, 2.05) is 13.8 Å². The van der Waals surface area contributed by atoms with Crippen LogP contribution in [0.5, 0.6) is 0 Å². The van der Waals surface area contributed by atoms with E-state index in [9.17, 15) is 4.79 Å². The Hall–Kier alpha value is -4.22. The Labute approximate surface area is 198 Å². The molecule has 0 saturated heterocycles. The molecule has 0 unspecified atom stereocenters. The van der Waals surface area contributed by atoms with Gasteiger partial charge in [-0.2, -0.15) is 19.0 Å². The molecule has 0 aromatic carbocycles. The second kappa shape index (κ2) is 8.53. The van der Waals surface area contributed by atoms with Crippen LogP contribution in [0.4, 0.5) is 14.6 Å². The van der Waals surface area contributed by atoms with E-state index < -0.39 is 17.4 Å². The molecule has 35 heavy (non-hydrogen) atoms. The zero-order valence-corrected chi connectivity index (χ0v) is 19.4. The van der Waals surface area contributed by atoms with Gasteiger partial charge in [0.25, 0.3) is 0 Å². The lowest BCUT2D eigenvalue weighted by molar-refractivity contribution is -0.117. The third kappa shape index (κ3) is 4.11. The molecule has 5 aromatic rings. The number of hydrogen-bond acceptors (Lipinski definition) is 6. The van der Waals surface area contributed by atoms with Crippen LogP contribution in [0.15, 0.2) is 49.1 Å². The summed E-state index contributed by atoms with van der Waals surface area (Å²) in [5, 5.41) is 18.5. The SMILES string of the molecule is CC.Cn1cc(-c2ccc3nnc(C(F)(F)c4ccc5nc(NC(=O)C6CC6)cn5n4)n3c2)cn1. The van der Waals surface area contributed by atoms with Gasteiger partial charge in [-0.15, -0.1) is 10.2 Å². The molecule has 1 fully saturated rings. The minimum absolute atomic E-state index is 0.000412. The monoisotopic (exact) mass is 479 g/mol. The minimum Gasteiger partial charge on any atom is -0.309 e. The Balaban J connectivity index is 0.00000124. The molecular weight excluding hydrogens is 456 g/mol. The van der Waals surface area contributed by atoms with Crippen LogP contribution < -0.4 is 5.32 Å². The van der Waals surface area contributed by atoms with E-state index in [0.717, 1.165) is 18.4 Å². The van der Waals surface area contributed by atoms with Crippen molar-refractivity contribution in [1.29, 1.82) is 0 Å². The standard InChI is InChI=1S/C21H17F2N9O.C2H6/c1-30-9-14(8-24-30)13-4-6-18-27-28-20(31(18)10-13)21(22,23)15-5-7-17-25-16(11-32(17)29-15)26-19(33)12-2-3-12;1-2/h4-12H,2-3H2,1H3,(H,26,33);1-2H3. The molecule has 5 aromatic heterocycles. The maximum atomic E-state index is 15.5. The third-order valence-electron chi connectivity index (χ3n) is 5.56. The molecule has 5 heterocycles. The molecule has 0 bridgehead atoms. The number of nitrogens with zero attached hydrogens (tertiary/aromatic N) is 8. The first-order chi connectivity index (χ1) is 16.9. The normalized spacial score (nSPS) is 13.6. The summed E-state index contributed by atoms with van der Waals surface area (Å²) in [4.78, 5) is 16.2. The summed E-state index contributed by atoms with van der Waals surface area (Å²) in [6.07, 6.45) is 8.11. The Kier molecular flexibility index (Phi) is 5.50. The smallest absolute Gasteiger partial charge is 0.309 e. The summed E-state index contributed by atoms with van der Waals surface area (Å²) in [6.45, 7) is 4.00. The predicted octanol–water partition coefficient (Wildman–Crippen LogP) is 3.69. The number of nitrogens with one attached hydrogen (secondary N) is 1. The van der Waals surface area contributed by atoms with Gasteiger partial charge in [-0.1, -0.05) is 13.8 Å². The van der Waals surface area contributed by atoms with Crippen LogP contribution in [0.2, 0.25) is 0 Å². The van der Waals surface area contributed by atoms with Crippen molar-refractivity contribution in [3.63, 3.8) is 0 Å². The van der Waals surface area contributed by atoms with Crippen molar-refractivity contribution in [1.82, 2.24) is 39.0 Å². The van der Waals surface area contributed by atoms with Gasteiger partial charge in [0.2, 0.25) is 11.7 Å². The molecule has 1 N–H and O–H groups in total. The van der Waals surface area contributed by atoms with Gasteiger partial charge in [-0.3, -0.25) is 13.9 Å². The quantitative estimate of drug-likeness (QED) is 0.412. The highest BCUT2D eigenvalue weighted by atomic mass is 19.3. The fourth-order valence-electron chi connectivity index (χ4n) is 3.64. The fraction of sp³-hybridized carbons (Fsp3) is 0.304. The minimum atomic E-state index is -3.54. The molecule has 1 amide bonds. The van der Waals surface area contributed by atoms with Crippen molar-refractivity contribution in [2.24, 2.45) is 13.0 Å². The van der Waals surface area contributed by atoms with Crippen molar-refractivity contribution in [3.8, 4) is 11.1 Å². The first-order valence-corrected chi connectivity index (χ1v) is 11.3. The summed E-state index contributed by atoms with van der Waals surface area (Å²) in [5.41, 5.74) is 1.58. The van der Waals surface area contributed by atoms with Gasteiger partial charge in [0, 0.05) is 36.5 Å². The highest BCUT2D eigenvalue weighted by Gasteiger charge is 2.41. The number of alkyl halides is 2. The lowest BCUT2D eigenvalue weighted by atomic mass is 10.1. The zero-order chi connectivity index (χ0) is 24.7. The summed E-state index contributed by atoms with van der Waals surface area (Å²) in [6, 6.07) is 6.01. The molecule has 0 spiro atoms. The number of anilines is 1.